The molecule has 630 valence electrons. The molecule has 0 saturated heterocycles. The predicted molar refractivity (Wildman–Crippen MR) is 437 cm³/mol. The molecule has 17 nitrogen and oxygen atoms in total. The second-order valence-corrected chi connectivity index (χ2v) is 35.6. The fraction of sp³-hybridized carbons (Fsp3) is 0.954. The Hall–Kier alpha value is -1.94. The van der Waals surface area contributed by atoms with Crippen LogP contribution in [-0.2, 0) is 65.4 Å². The van der Waals surface area contributed by atoms with Crippen molar-refractivity contribution in [2.75, 3.05) is 39.6 Å². The Balaban J connectivity index is 5.19. The molecule has 0 aromatic heterocycles. The highest BCUT2D eigenvalue weighted by atomic mass is 31.2. The molecule has 4 unspecified atom stereocenters. The van der Waals surface area contributed by atoms with Crippen LogP contribution in [0.3, 0.4) is 0 Å². The van der Waals surface area contributed by atoms with Crippen molar-refractivity contribution in [1.82, 2.24) is 0 Å². The average Bonchev–Trinajstić information content (AvgIpc) is 0.901. The number of esters is 4. The van der Waals surface area contributed by atoms with E-state index in [9.17, 15) is 43.2 Å². The van der Waals surface area contributed by atoms with Crippen molar-refractivity contribution in [2.24, 2.45) is 23.7 Å². The molecule has 0 aromatic carbocycles. The third kappa shape index (κ3) is 77.4. The maximum absolute atomic E-state index is 13.1. The number of aliphatic hydroxyl groups excluding tert-OH is 1. The van der Waals surface area contributed by atoms with Crippen LogP contribution in [0.1, 0.15) is 453 Å². The van der Waals surface area contributed by atoms with E-state index in [4.69, 9.17) is 37.0 Å². The third-order valence-electron chi connectivity index (χ3n) is 21.0. The number of unbranched alkanes of at least 4 members (excludes halogenated alkanes) is 48. The number of ether oxygens (including phenoxy) is 4. The summed E-state index contributed by atoms with van der Waals surface area (Å²) >= 11 is 0. The number of hydrogen-bond acceptors (Lipinski definition) is 15. The Morgan fingerprint density at radius 1 is 0.264 bits per heavy atom. The minimum Gasteiger partial charge on any atom is -0.462 e. The zero-order valence-electron chi connectivity index (χ0n) is 70.1. The molecule has 0 aliphatic heterocycles. The van der Waals surface area contributed by atoms with Gasteiger partial charge in [0.1, 0.15) is 19.3 Å². The smallest absolute Gasteiger partial charge is 0.462 e. The lowest BCUT2D eigenvalue weighted by molar-refractivity contribution is -0.161. The summed E-state index contributed by atoms with van der Waals surface area (Å²) in [6.07, 6.45) is 65.4. The molecule has 0 heterocycles. The van der Waals surface area contributed by atoms with E-state index in [-0.39, 0.29) is 25.7 Å². The molecule has 3 N–H and O–H groups in total. The Kier molecular flexibility index (Phi) is 74.3. The van der Waals surface area contributed by atoms with Gasteiger partial charge in [-0.2, -0.15) is 0 Å². The molecule has 0 bridgehead atoms. The Morgan fingerprint density at radius 3 is 0.670 bits per heavy atom. The van der Waals surface area contributed by atoms with Gasteiger partial charge < -0.3 is 33.8 Å². The first-order valence-electron chi connectivity index (χ1n) is 44.8. The largest absolute Gasteiger partial charge is 0.472 e. The zero-order chi connectivity index (χ0) is 78.1. The fourth-order valence-corrected chi connectivity index (χ4v) is 15.0. The quantitative estimate of drug-likeness (QED) is 0.0222. The molecule has 0 rings (SSSR count). The van der Waals surface area contributed by atoms with Gasteiger partial charge in [-0.15, -0.1) is 0 Å². The van der Waals surface area contributed by atoms with Gasteiger partial charge >= 0.3 is 39.5 Å². The highest BCUT2D eigenvalue weighted by molar-refractivity contribution is 7.47. The van der Waals surface area contributed by atoms with E-state index in [2.05, 4.69) is 55.4 Å². The van der Waals surface area contributed by atoms with Crippen molar-refractivity contribution >= 4 is 39.5 Å². The van der Waals surface area contributed by atoms with Gasteiger partial charge in [-0.3, -0.25) is 37.3 Å². The van der Waals surface area contributed by atoms with Gasteiger partial charge in [0.2, 0.25) is 0 Å². The highest BCUT2D eigenvalue weighted by Gasteiger charge is 2.31. The normalized spacial score (nSPS) is 14.4. The second-order valence-electron chi connectivity index (χ2n) is 32.7. The van der Waals surface area contributed by atoms with Crippen LogP contribution in [0.2, 0.25) is 0 Å². The lowest BCUT2D eigenvalue weighted by atomic mass is 9.99. The van der Waals surface area contributed by atoms with Crippen LogP contribution in [0.4, 0.5) is 0 Å². The molecule has 0 spiro atoms. The Labute approximate surface area is 651 Å². The number of phosphoric acid groups is 2. The first-order chi connectivity index (χ1) is 51.2. The highest BCUT2D eigenvalue weighted by Crippen LogP contribution is 2.45. The molecule has 0 saturated carbocycles. The van der Waals surface area contributed by atoms with Crippen molar-refractivity contribution in [2.45, 2.75) is 472 Å². The van der Waals surface area contributed by atoms with Gasteiger partial charge in [-0.25, -0.2) is 9.13 Å². The Morgan fingerprint density at radius 2 is 0.453 bits per heavy atom. The summed E-state index contributed by atoms with van der Waals surface area (Å²) in [6.45, 7) is 14.3. The maximum Gasteiger partial charge on any atom is 0.472 e. The molecule has 0 aliphatic rings. The molecule has 0 aromatic rings. The van der Waals surface area contributed by atoms with E-state index >= 15 is 0 Å². The lowest BCUT2D eigenvalue weighted by Crippen LogP contribution is -2.30. The van der Waals surface area contributed by atoms with Crippen molar-refractivity contribution in [1.29, 1.82) is 0 Å². The van der Waals surface area contributed by atoms with Crippen LogP contribution < -0.4 is 0 Å². The topological polar surface area (TPSA) is 237 Å². The summed E-state index contributed by atoms with van der Waals surface area (Å²) in [5.74, 6) is 1.09. The Bertz CT molecular complexity index is 2060. The van der Waals surface area contributed by atoms with E-state index in [1.165, 1.54) is 250 Å². The van der Waals surface area contributed by atoms with E-state index < -0.39 is 97.5 Å². The monoisotopic (exact) mass is 1550 g/mol. The number of phosphoric ester groups is 2. The first kappa shape index (κ1) is 104. The predicted octanol–water partition coefficient (Wildman–Crippen LogP) is 26.3. The minimum absolute atomic E-state index is 0.107. The molecule has 0 aliphatic carbocycles. The van der Waals surface area contributed by atoms with Crippen LogP contribution in [0, 0.1) is 23.7 Å². The first-order valence-corrected chi connectivity index (χ1v) is 47.8. The number of carbonyl (C=O) groups is 4. The molecule has 7 atom stereocenters. The third-order valence-corrected chi connectivity index (χ3v) is 22.9. The van der Waals surface area contributed by atoms with E-state index in [0.29, 0.717) is 31.6 Å². The van der Waals surface area contributed by atoms with Crippen LogP contribution in [-0.4, -0.2) is 96.7 Å². The summed E-state index contributed by atoms with van der Waals surface area (Å²) in [4.78, 5) is 73.2. The van der Waals surface area contributed by atoms with Gasteiger partial charge in [0.05, 0.1) is 26.4 Å². The van der Waals surface area contributed by atoms with Gasteiger partial charge in [-0.1, -0.05) is 402 Å². The molecular formula is C87H170O17P2. The molecule has 106 heavy (non-hydrogen) atoms. The van der Waals surface area contributed by atoms with E-state index in [1.54, 1.807) is 0 Å². The van der Waals surface area contributed by atoms with Gasteiger partial charge in [0, 0.05) is 25.7 Å². The van der Waals surface area contributed by atoms with E-state index in [1.807, 2.05) is 0 Å². The molecule has 0 radical (unpaired) electrons. The van der Waals surface area contributed by atoms with Crippen molar-refractivity contribution in [3.05, 3.63) is 0 Å². The van der Waals surface area contributed by atoms with E-state index in [0.717, 1.165) is 114 Å². The van der Waals surface area contributed by atoms with Crippen molar-refractivity contribution in [3.63, 3.8) is 0 Å². The van der Waals surface area contributed by atoms with Crippen LogP contribution in [0.15, 0.2) is 0 Å². The molecule has 19 heteroatoms. The minimum atomic E-state index is -4.97. The van der Waals surface area contributed by atoms with Crippen molar-refractivity contribution < 1.29 is 80.2 Å². The van der Waals surface area contributed by atoms with Crippen molar-refractivity contribution in [3.8, 4) is 0 Å². The molecule has 0 amide bonds. The van der Waals surface area contributed by atoms with Crippen LogP contribution >= 0.6 is 15.6 Å². The summed E-state index contributed by atoms with van der Waals surface area (Å²) in [7, 11) is -9.93. The number of hydrogen-bond donors (Lipinski definition) is 3. The SMILES string of the molecule is CCC(C)CCCCCCCCCCCCCCCCCCCCC(=O)O[C@H](COC(=O)CCCCCCCCC(C)C)COP(=O)(O)OC[C@H](O)COP(=O)(O)OC[C@@H](COC(=O)CCCCCCCCCCCCCCCCC(C)CC)OC(=O)CCCCCCCCCCCCCCCCC(C)C. The zero-order valence-corrected chi connectivity index (χ0v) is 71.9. The molecule has 0 fully saturated rings. The summed E-state index contributed by atoms with van der Waals surface area (Å²) < 4.78 is 68.9. The summed E-state index contributed by atoms with van der Waals surface area (Å²) in [5, 5.41) is 10.7. The van der Waals surface area contributed by atoms with Gasteiger partial charge in [0.25, 0.3) is 0 Å². The number of rotatable bonds is 84. The van der Waals surface area contributed by atoms with Crippen LogP contribution in [0.25, 0.3) is 0 Å². The standard InChI is InChI=1S/C87H170O17P2/c1-9-79(7)65-57-49-40-34-28-22-15-13-11-12-14-16-25-31-37-43-53-61-70-87(92)104-83(74-98-85(90)68-60-52-46-45-48-56-64-78(5)6)76-102-106(95,96)100-72-81(88)71-99-105(93,94)101-75-82(103-86(91)69-62-54-44-38-32-26-19-17-21-27-33-39-47-55-63-77(3)4)73-97-84(89)67-59-51-42-36-30-24-20-18-23-29-35-41-50-58-66-80(8)10-2/h77-83,88H,9-76H2,1-8H3,(H,93,94)(H,95,96)/t79?,80?,81-,82-,83-/m1/s1. The van der Waals surface area contributed by atoms with Gasteiger partial charge in [0.15, 0.2) is 12.2 Å². The summed E-state index contributed by atoms with van der Waals surface area (Å²) in [6, 6.07) is 0. The van der Waals surface area contributed by atoms with Crippen LogP contribution in [0.5, 0.6) is 0 Å². The number of carbonyl (C=O) groups excluding carboxylic acids is 4. The average molecular weight is 1550 g/mol. The van der Waals surface area contributed by atoms with Gasteiger partial charge in [-0.05, 0) is 49.4 Å². The second kappa shape index (κ2) is 75.7. The number of aliphatic hydroxyl groups is 1. The summed E-state index contributed by atoms with van der Waals surface area (Å²) in [5.41, 5.74) is 0. The lowest BCUT2D eigenvalue weighted by Gasteiger charge is -2.21. The fourth-order valence-electron chi connectivity index (χ4n) is 13.4. The molecular weight excluding hydrogens is 1380 g/mol. The maximum atomic E-state index is 13.1.